The van der Waals surface area contributed by atoms with E-state index < -0.39 is 0 Å². The van der Waals surface area contributed by atoms with Crippen LogP contribution in [-0.4, -0.2) is 31.6 Å². The second-order valence-corrected chi connectivity index (χ2v) is 6.24. The molecule has 26 heavy (non-hydrogen) atoms. The maximum absolute atomic E-state index is 12.1. The summed E-state index contributed by atoms with van der Waals surface area (Å²) >= 11 is 0. The Labute approximate surface area is 152 Å². The molecule has 2 amide bonds. The lowest BCUT2D eigenvalue weighted by atomic mass is 10.1. The largest absolute Gasteiger partial charge is 0.486 e. The summed E-state index contributed by atoms with van der Waals surface area (Å²) in [7, 11) is 0. The quantitative estimate of drug-likeness (QED) is 0.864. The molecule has 136 valence electrons. The van der Waals surface area contributed by atoms with Gasteiger partial charge in [-0.1, -0.05) is 23.8 Å². The highest BCUT2D eigenvalue weighted by molar-refractivity contribution is 5.96. The summed E-state index contributed by atoms with van der Waals surface area (Å²) in [5, 5.41) is 5.50. The van der Waals surface area contributed by atoms with Gasteiger partial charge in [-0.15, -0.1) is 0 Å². The van der Waals surface area contributed by atoms with E-state index in [1.165, 1.54) is 0 Å². The SMILES string of the molecule is Cc1ccc(C(=O)NCC(=O)N[C@H](C)c2ccc3c(c2)OCCO3)cc1. The summed E-state index contributed by atoms with van der Waals surface area (Å²) in [6.07, 6.45) is 0. The highest BCUT2D eigenvalue weighted by Crippen LogP contribution is 2.32. The molecule has 0 spiro atoms. The predicted molar refractivity (Wildman–Crippen MR) is 97.5 cm³/mol. The summed E-state index contributed by atoms with van der Waals surface area (Å²) in [4.78, 5) is 24.2. The molecule has 0 unspecified atom stereocenters. The molecule has 0 fully saturated rings. The lowest BCUT2D eigenvalue weighted by molar-refractivity contribution is -0.120. The van der Waals surface area contributed by atoms with Crippen LogP contribution in [0.25, 0.3) is 0 Å². The standard InChI is InChI=1S/C20H22N2O4/c1-13-3-5-15(6-4-13)20(24)21-12-19(23)22-14(2)16-7-8-17-18(11-16)26-10-9-25-17/h3-8,11,14H,9-10,12H2,1-2H3,(H,21,24)(H,22,23)/t14-/m1/s1. The number of nitrogens with one attached hydrogen (secondary N) is 2. The van der Waals surface area contributed by atoms with Crippen molar-refractivity contribution in [3.05, 3.63) is 59.2 Å². The number of carbonyl (C=O) groups excluding carboxylic acids is 2. The minimum atomic E-state index is -0.271. The molecule has 2 aromatic carbocycles. The maximum Gasteiger partial charge on any atom is 0.251 e. The fourth-order valence-electron chi connectivity index (χ4n) is 2.67. The van der Waals surface area contributed by atoms with Crippen molar-refractivity contribution >= 4 is 11.8 Å². The van der Waals surface area contributed by atoms with Crippen LogP contribution in [0.5, 0.6) is 11.5 Å². The first kappa shape index (κ1) is 17.8. The van der Waals surface area contributed by atoms with E-state index in [-0.39, 0.29) is 24.4 Å². The van der Waals surface area contributed by atoms with Crippen molar-refractivity contribution in [1.29, 1.82) is 0 Å². The molecule has 1 heterocycles. The fraction of sp³-hybridized carbons (Fsp3) is 0.300. The number of benzene rings is 2. The van der Waals surface area contributed by atoms with Gasteiger partial charge in [0.2, 0.25) is 5.91 Å². The van der Waals surface area contributed by atoms with Crippen molar-refractivity contribution in [2.24, 2.45) is 0 Å². The van der Waals surface area contributed by atoms with Gasteiger partial charge in [-0.2, -0.15) is 0 Å². The second-order valence-electron chi connectivity index (χ2n) is 6.24. The zero-order valence-electron chi connectivity index (χ0n) is 14.9. The van der Waals surface area contributed by atoms with Crippen LogP contribution in [0.4, 0.5) is 0 Å². The van der Waals surface area contributed by atoms with Crippen LogP contribution in [0.2, 0.25) is 0 Å². The molecule has 0 aliphatic carbocycles. The number of fused-ring (bicyclic) bond motifs is 1. The Kier molecular flexibility index (Phi) is 5.41. The van der Waals surface area contributed by atoms with Gasteiger partial charge >= 0.3 is 0 Å². The molecule has 1 atom stereocenters. The molecule has 0 radical (unpaired) electrons. The Hall–Kier alpha value is -3.02. The molecule has 6 nitrogen and oxygen atoms in total. The van der Waals surface area contributed by atoms with Crippen LogP contribution >= 0.6 is 0 Å². The Morgan fingerprint density at radius 2 is 1.73 bits per heavy atom. The van der Waals surface area contributed by atoms with Crippen molar-refractivity contribution in [2.75, 3.05) is 19.8 Å². The number of rotatable bonds is 5. The number of aryl methyl sites for hydroxylation is 1. The predicted octanol–water partition coefficient (Wildman–Crippen LogP) is 2.37. The zero-order chi connectivity index (χ0) is 18.5. The molecule has 0 saturated carbocycles. The number of hydrogen-bond acceptors (Lipinski definition) is 4. The van der Waals surface area contributed by atoms with E-state index in [0.717, 1.165) is 11.1 Å². The van der Waals surface area contributed by atoms with E-state index >= 15 is 0 Å². The van der Waals surface area contributed by atoms with E-state index in [2.05, 4.69) is 10.6 Å². The Morgan fingerprint density at radius 1 is 1.04 bits per heavy atom. The van der Waals surface area contributed by atoms with Gasteiger partial charge in [0.05, 0.1) is 12.6 Å². The van der Waals surface area contributed by atoms with Gasteiger partial charge < -0.3 is 20.1 Å². The van der Waals surface area contributed by atoms with Crippen molar-refractivity contribution in [3.8, 4) is 11.5 Å². The maximum atomic E-state index is 12.1. The molecule has 3 rings (SSSR count). The van der Waals surface area contributed by atoms with Crippen molar-refractivity contribution in [1.82, 2.24) is 10.6 Å². The second kappa shape index (κ2) is 7.91. The minimum absolute atomic E-state index is 0.0817. The van der Waals surface area contributed by atoms with E-state index in [0.29, 0.717) is 30.3 Å². The van der Waals surface area contributed by atoms with Crippen molar-refractivity contribution in [2.45, 2.75) is 19.9 Å². The first-order valence-electron chi connectivity index (χ1n) is 8.57. The van der Waals surface area contributed by atoms with Gasteiger partial charge in [0.15, 0.2) is 11.5 Å². The molecular weight excluding hydrogens is 332 g/mol. The smallest absolute Gasteiger partial charge is 0.251 e. The summed E-state index contributed by atoms with van der Waals surface area (Å²) in [5.41, 5.74) is 2.52. The van der Waals surface area contributed by atoms with Gasteiger partial charge in [0.1, 0.15) is 13.2 Å². The molecular formula is C20H22N2O4. The number of hydrogen-bond donors (Lipinski definition) is 2. The average Bonchev–Trinajstić information content (AvgIpc) is 2.66. The van der Waals surface area contributed by atoms with Crippen LogP contribution in [0.15, 0.2) is 42.5 Å². The first-order chi connectivity index (χ1) is 12.5. The van der Waals surface area contributed by atoms with E-state index in [1.807, 2.05) is 44.2 Å². The van der Waals surface area contributed by atoms with Crippen molar-refractivity contribution < 1.29 is 19.1 Å². The lowest BCUT2D eigenvalue weighted by Gasteiger charge is -2.21. The Balaban J connectivity index is 1.52. The van der Waals surface area contributed by atoms with Crippen molar-refractivity contribution in [3.63, 3.8) is 0 Å². The van der Waals surface area contributed by atoms with Crippen LogP contribution in [0.1, 0.15) is 34.5 Å². The van der Waals surface area contributed by atoms with Gasteiger partial charge in [-0.3, -0.25) is 9.59 Å². The third kappa shape index (κ3) is 4.33. The molecule has 2 N–H and O–H groups in total. The highest BCUT2D eigenvalue weighted by Gasteiger charge is 2.16. The molecule has 0 bridgehead atoms. The molecule has 1 aliphatic rings. The summed E-state index contributed by atoms with van der Waals surface area (Å²) in [5.74, 6) is 0.867. The molecule has 1 aliphatic heterocycles. The van der Waals surface area contributed by atoms with Crippen LogP contribution in [0, 0.1) is 6.92 Å². The summed E-state index contributed by atoms with van der Waals surface area (Å²) in [6.45, 7) is 4.81. The monoisotopic (exact) mass is 354 g/mol. The lowest BCUT2D eigenvalue weighted by Crippen LogP contribution is -2.38. The minimum Gasteiger partial charge on any atom is -0.486 e. The molecule has 2 aromatic rings. The van der Waals surface area contributed by atoms with Crippen LogP contribution in [0.3, 0.4) is 0 Å². The number of carbonyl (C=O) groups is 2. The summed E-state index contributed by atoms with van der Waals surface area (Å²) in [6, 6.07) is 12.6. The molecule has 6 heteroatoms. The van der Waals surface area contributed by atoms with Gasteiger partial charge in [0.25, 0.3) is 5.91 Å². The number of amides is 2. The summed E-state index contributed by atoms with van der Waals surface area (Å²) < 4.78 is 11.1. The van der Waals surface area contributed by atoms with E-state index in [1.54, 1.807) is 12.1 Å². The molecule has 0 saturated heterocycles. The van der Waals surface area contributed by atoms with E-state index in [4.69, 9.17) is 9.47 Å². The van der Waals surface area contributed by atoms with Gasteiger partial charge in [-0.25, -0.2) is 0 Å². The first-order valence-corrected chi connectivity index (χ1v) is 8.57. The fourth-order valence-corrected chi connectivity index (χ4v) is 2.67. The normalized spacial score (nSPS) is 13.6. The Morgan fingerprint density at radius 3 is 2.46 bits per heavy atom. The van der Waals surface area contributed by atoms with Gasteiger partial charge in [-0.05, 0) is 43.7 Å². The molecule has 0 aromatic heterocycles. The Bertz CT molecular complexity index is 802. The van der Waals surface area contributed by atoms with Crippen LogP contribution < -0.4 is 20.1 Å². The van der Waals surface area contributed by atoms with E-state index in [9.17, 15) is 9.59 Å². The van der Waals surface area contributed by atoms with Gasteiger partial charge in [0, 0.05) is 5.56 Å². The zero-order valence-corrected chi connectivity index (χ0v) is 14.9. The topological polar surface area (TPSA) is 76.7 Å². The number of ether oxygens (including phenoxy) is 2. The third-order valence-electron chi connectivity index (χ3n) is 4.17. The third-order valence-corrected chi connectivity index (χ3v) is 4.17. The van der Waals surface area contributed by atoms with Crippen LogP contribution in [-0.2, 0) is 4.79 Å². The average molecular weight is 354 g/mol. The highest BCUT2D eigenvalue weighted by atomic mass is 16.6.